The summed E-state index contributed by atoms with van der Waals surface area (Å²) in [7, 11) is 0. The Morgan fingerprint density at radius 1 is 1.09 bits per heavy atom. The highest BCUT2D eigenvalue weighted by Gasteiger charge is 2.18. The van der Waals surface area contributed by atoms with Crippen LogP contribution in [0.2, 0.25) is 0 Å². The molecule has 2 rings (SSSR count). The van der Waals surface area contributed by atoms with Gasteiger partial charge < -0.3 is 16.4 Å². The van der Waals surface area contributed by atoms with E-state index in [1.54, 1.807) is 32.0 Å². The van der Waals surface area contributed by atoms with E-state index >= 15 is 0 Å². The van der Waals surface area contributed by atoms with Crippen molar-refractivity contribution in [2.24, 2.45) is 11.7 Å². The SMILES string of the molecule is CC(N)C(C)C(=O)Nc1ccccc1NC(=O)Cc1cccs1. The Kier molecular flexibility index (Phi) is 5.90. The molecule has 4 N–H and O–H groups in total. The summed E-state index contributed by atoms with van der Waals surface area (Å²) < 4.78 is 0. The lowest BCUT2D eigenvalue weighted by Crippen LogP contribution is -2.34. The Morgan fingerprint density at radius 3 is 2.30 bits per heavy atom. The van der Waals surface area contributed by atoms with E-state index in [-0.39, 0.29) is 23.8 Å². The summed E-state index contributed by atoms with van der Waals surface area (Å²) in [5.74, 6) is -0.598. The molecular formula is C17H21N3O2S. The van der Waals surface area contributed by atoms with E-state index in [0.29, 0.717) is 17.8 Å². The maximum Gasteiger partial charge on any atom is 0.229 e. The molecule has 0 saturated carbocycles. The zero-order valence-corrected chi connectivity index (χ0v) is 14.0. The van der Waals surface area contributed by atoms with Gasteiger partial charge in [0.15, 0.2) is 0 Å². The first kappa shape index (κ1) is 17.2. The minimum Gasteiger partial charge on any atom is -0.327 e. The fraction of sp³-hybridized carbons (Fsp3) is 0.294. The van der Waals surface area contributed by atoms with Crippen molar-refractivity contribution in [1.82, 2.24) is 0 Å². The van der Waals surface area contributed by atoms with Crippen molar-refractivity contribution in [2.75, 3.05) is 10.6 Å². The fourth-order valence-electron chi connectivity index (χ4n) is 1.95. The molecule has 0 aliphatic heterocycles. The van der Waals surface area contributed by atoms with Crippen molar-refractivity contribution in [3.8, 4) is 0 Å². The Bertz CT molecular complexity index is 668. The molecule has 2 aromatic rings. The maximum absolute atomic E-state index is 12.1. The van der Waals surface area contributed by atoms with Gasteiger partial charge in [0.2, 0.25) is 11.8 Å². The smallest absolute Gasteiger partial charge is 0.229 e. The molecule has 0 spiro atoms. The summed E-state index contributed by atoms with van der Waals surface area (Å²) in [5, 5.41) is 7.61. The lowest BCUT2D eigenvalue weighted by Gasteiger charge is -2.17. The molecule has 0 bridgehead atoms. The minimum absolute atomic E-state index is 0.116. The molecule has 2 unspecified atom stereocenters. The third-order valence-corrected chi connectivity index (χ3v) is 4.45. The van der Waals surface area contributed by atoms with Crippen LogP contribution in [0.3, 0.4) is 0 Å². The highest BCUT2D eigenvalue weighted by Crippen LogP contribution is 2.22. The quantitative estimate of drug-likeness (QED) is 0.761. The van der Waals surface area contributed by atoms with Crippen LogP contribution < -0.4 is 16.4 Å². The van der Waals surface area contributed by atoms with Crippen molar-refractivity contribution in [3.63, 3.8) is 0 Å². The van der Waals surface area contributed by atoms with E-state index in [0.717, 1.165) is 4.88 Å². The Labute approximate surface area is 139 Å². The van der Waals surface area contributed by atoms with E-state index in [4.69, 9.17) is 5.73 Å². The predicted octanol–water partition coefficient (Wildman–Crippen LogP) is 2.85. The largest absolute Gasteiger partial charge is 0.327 e. The number of carbonyl (C=O) groups is 2. The first-order valence-electron chi connectivity index (χ1n) is 7.45. The second-order valence-corrected chi connectivity index (χ2v) is 6.52. The van der Waals surface area contributed by atoms with Gasteiger partial charge in [0.1, 0.15) is 0 Å². The zero-order valence-electron chi connectivity index (χ0n) is 13.2. The van der Waals surface area contributed by atoms with Crippen LogP contribution in [-0.4, -0.2) is 17.9 Å². The lowest BCUT2D eigenvalue weighted by atomic mass is 10.0. The maximum atomic E-state index is 12.1. The van der Waals surface area contributed by atoms with Gasteiger partial charge in [0.25, 0.3) is 0 Å². The normalized spacial score (nSPS) is 13.2. The van der Waals surface area contributed by atoms with Crippen molar-refractivity contribution >= 4 is 34.5 Å². The van der Waals surface area contributed by atoms with Crippen LogP contribution in [0.15, 0.2) is 41.8 Å². The average molecular weight is 331 g/mol. The molecule has 0 radical (unpaired) electrons. The summed E-state index contributed by atoms with van der Waals surface area (Å²) in [5.41, 5.74) is 6.91. The number of hydrogen-bond donors (Lipinski definition) is 3. The molecule has 6 heteroatoms. The van der Waals surface area contributed by atoms with Gasteiger partial charge in [-0.25, -0.2) is 0 Å². The van der Waals surface area contributed by atoms with Gasteiger partial charge in [-0.05, 0) is 30.5 Å². The molecule has 0 saturated heterocycles. The van der Waals surface area contributed by atoms with Crippen LogP contribution in [0.4, 0.5) is 11.4 Å². The van der Waals surface area contributed by atoms with Gasteiger partial charge in [-0.3, -0.25) is 9.59 Å². The molecule has 2 atom stereocenters. The Hall–Kier alpha value is -2.18. The van der Waals surface area contributed by atoms with E-state index in [1.807, 2.05) is 23.6 Å². The predicted molar refractivity (Wildman–Crippen MR) is 94.5 cm³/mol. The summed E-state index contributed by atoms with van der Waals surface area (Å²) in [6.45, 7) is 3.57. The number of nitrogens with one attached hydrogen (secondary N) is 2. The van der Waals surface area contributed by atoms with E-state index in [9.17, 15) is 9.59 Å². The Morgan fingerprint density at radius 2 is 1.74 bits per heavy atom. The van der Waals surface area contributed by atoms with Crippen LogP contribution in [0.1, 0.15) is 18.7 Å². The van der Waals surface area contributed by atoms with Gasteiger partial charge in [-0.2, -0.15) is 0 Å². The summed E-state index contributed by atoms with van der Waals surface area (Å²) in [6, 6.07) is 10.7. The number of rotatable bonds is 6. The lowest BCUT2D eigenvalue weighted by molar-refractivity contribution is -0.120. The molecule has 5 nitrogen and oxygen atoms in total. The summed E-state index contributed by atoms with van der Waals surface area (Å²) >= 11 is 1.54. The molecule has 0 aliphatic carbocycles. The Balaban J connectivity index is 2.05. The van der Waals surface area contributed by atoms with Crippen LogP contribution in [0.5, 0.6) is 0 Å². The number of thiophene rings is 1. The first-order chi connectivity index (χ1) is 11.0. The zero-order chi connectivity index (χ0) is 16.8. The second-order valence-electron chi connectivity index (χ2n) is 5.49. The second kappa shape index (κ2) is 7.89. The summed E-state index contributed by atoms with van der Waals surface area (Å²) in [6.07, 6.45) is 0.316. The van der Waals surface area contributed by atoms with Gasteiger partial charge in [-0.15, -0.1) is 11.3 Å². The van der Waals surface area contributed by atoms with E-state index in [2.05, 4.69) is 10.6 Å². The van der Waals surface area contributed by atoms with Crippen LogP contribution in [-0.2, 0) is 16.0 Å². The van der Waals surface area contributed by atoms with Crippen molar-refractivity contribution in [1.29, 1.82) is 0 Å². The molecular weight excluding hydrogens is 310 g/mol. The average Bonchev–Trinajstić information content (AvgIpc) is 3.01. The number of anilines is 2. The number of hydrogen-bond acceptors (Lipinski definition) is 4. The molecule has 2 amide bonds. The van der Waals surface area contributed by atoms with Crippen molar-refractivity contribution in [2.45, 2.75) is 26.3 Å². The number of nitrogens with two attached hydrogens (primary N) is 1. The number of para-hydroxylation sites is 2. The first-order valence-corrected chi connectivity index (χ1v) is 8.33. The number of benzene rings is 1. The van der Waals surface area contributed by atoms with Crippen molar-refractivity contribution in [3.05, 3.63) is 46.7 Å². The molecule has 1 aromatic carbocycles. The topological polar surface area (TPSA) is 84.2 Å². The van der Waals surface area contributed by atoms with E-state index < -0.39 is 0 Å². The van der Waals surface area contributed by atoms with E-state index in [1.165, 1.54) is 11.3 Å². The molecule has 1 heterocycles. The van der Waals surface area contributed by atoms with Gasteiger partial charge in [0, 0.05) is 10.9 Å². The van der Waals surface area contributed by atoms with Gasteiger partial charge >= 0.3 is 0 Å². The molecule has 23 heavy (non-hydrogen) atoms. The number of amides is 2. The fourth-order valence-corrected chi connectivity index (χ4v) is 2.66. The monoisotopic (exact) mass is 331 g/mol. The minimum atomic E-state index is -0.315. The van der Waals surface area contributed by atoms with Crippen LogP contribution in [0, 0.1) is 5.92 Å². The molecule has 122 valence electrons. The van der Waals surface area contributed by atoms with Gasteiger partial charge in [0.05, 0.1) is 23.7 Å². The summed E-state index contributed by atoms with van der Waals surface area (Å²) in [4.78, 5) is 25.3. The highest BCUT2D eigenvalue weighted by atomic mass is 32.1. The highest BCUT2D eigenvalue weighted by molar-refractivity contribution is 7.10. The third kappa shape index (κ3) is 4.91. The van der Waals surface area contributed by atoms with Gasteiger partial charge in [-0.1, -0.05) is 25.1 Å². The molecule has 0 fully saturated rings. The van der Waals surface area contributed by atoms with Crippen LogP contribution in [0.25, 0.3) is 0 Å². The molecule has 0 aliphatic rings. The standard InChI is InChI=1S/C17H21N3O2S/c1-11(12(2)18)17(22)20-15-8-4-3-7-14(15)19-16(21)10-13-6-5-9-23-13/h3-9,11-12H,10,18H2,1-2H3,(H,19,21)(H,20,22). The third-order valence-electron chi connectivity index (χ3n) is 3.58. The van der Waals surface area contributed by atoms with Crippen LogP contribution >= 0.6 is 11.3 Å². The van der Waals surface area contributed by atoms with Crippen molar-refractivity contribution < 1.29 is 9.59 Å². The number of carbonyl (C=O) groups excluding carboxylic acids is 2. The molecule has 1 aromatic heterocycles.